The Kier molecular flexibility index (Phi) is 6.44. The second-order valence-corrected chi connectivity index (χ2v) is 7.09. The molecule has 25 heavy (non-hydrogen) atoms. The molecule has 1 aromatic carbocycles. The van der Waals surface area contributed by atoms with Crippen molar-refractivity contribution in [2.24, 2.45) is 0 Å². The first-order chi connectivity index (χ1) is 11.9. The van der Waals surface area contributed by atoms with E-state index < -0.39 is 17.2 Å². The molecule has 0 spiro atoms. The summed E-state index contributed by atoms with van der Waals surface area (Å²) >= 11 is 7.11. The number of imide groups is 1. The second kappa shape index (κ2) is 8.35. The van der Waals surface area contributed by atoms with Crippen LogP contribution in [-0.2, 0) is 11.3 Å². The van der Waals surface area contributed by atoms with E-state index in [0.29, 0.717) is 27.6 Å². The lowest BCUT2D eigenvalue weighted by atomic mass is 10.2. The van der Waals surface area contributed by atoms with Gasteiger partial charge in [-0.3, -0.25) is 19.5 Å². The largest absolute Gasteiger partial charge is 0.341 e. The summed E-state index contributed by atoms with van der Waals surface area (Å²) in [6.07, 6.45) is 0.743. The van der Waals surface area contributed by atoms with Crippen molar-refractivity contribution in [1.82, 2.24) is 20.2 Å². The van der Waals surface area contributed by atoms with Gasteiger partial charge in [0.05, 0.1) is 16.2 Å². The predicted octanol–water partition coefficient (Wildman–Crippen LogP) is 2.40. The van der Waals surface area contributed by atoms with Crippen LogP contribution in [0.2, 0.25) is 5.02 Å². The van der Waals surface area contributed by atoms with Crippen molar-refractivity contribution in [3.63, 3.8) is 0 Å². The van der Waals surface area contributed by atoms with Crippen LogP contribution in [0.15, 0.2) is 28.2 Å². The summed E-state index contributed by atoms with van der Waals surface area (Å²) < 4.78 is 1.55. The quantitative estimate of drug-likeness (QED) is 0.611. The van der Waals surface area contributed by atoms with Gasteiger partial charge < -0.3 is 5.32 Å². The zero-order valence-corrected chi connectivity index (χ0v) is 15.7. The number of urea groups is 1. The van der Waals surface area contributed by atoms with E-state index in [-0.39, 0.29) is 5.56 Å². The number of aromatic nitrogens is 2. The topological polar surface area (TPSA) is 93.1 Å². The molecule has 0 saturated carbocycles. The fraction of sp³-hybridized carbons (Fsp3) is 0.375. The number of amides is 3. The van der Waals surface area contributed by atoms with E-state index in [2.05, 4.69) is 15.6 Å². The first-order valence-electron chi connectivity index (χ1n) is 7.76. The third-order valence-corrected chi connectivity index (χ3v) is 4.77. The van der Waals surface area contributed by atoms with Crippen molar-refractivity contribution in [3.8, 4) is 0 Å². The van der Waals surface area contributed by atoms with Crippen LogP contribution >= 0.6 is 23.4 Å². The Morgan fingerprint density at radius 3 is 2.76 bits per heavy atom. The molecule has 0 bridgehead atoms. The SMILES string of the molecule is CCCn1c(S[C@@H](C)C(=O)NC(=O)NC)nc2cc(Cl)ccc2c1=O. The van der Waals surface area contributed by atoms with Crippen LogP contribution in [0, 0.1) is 0 Å². The molecule has 0 aliphatic rings. The van der Waals surface area contributed by atoms with Crippen LogP contribution in [0.25, 0.3) is 10.9 Å². The molecule has 1 heterocycles. The van der Waals surface area contributed by atoms with Gasteiger partial charge in [0.15, 0.2) is 5.16 Å². The van der Waals surface area contributed by atoms with Gasteiger partial charge in [-0.05, 0) is 31.5 Å². The molecule has 2 aromatic rings. The van der Waals surface area contributed by atoms with Gasteiger partial charge in [0.1, 0.15) is 0 Å². The maximum atomic E-state index is 12.7. The molecule has 0 aliphatic carbocycles. The minimum Gasteiger partial charge on any atom is -0.341 e. The number of rotatable bonds is 5. The molecule has 2 rings (SSSR count). The third kappa shape index (κ3) is 4.52. The van der Waals surface area contributed by atoms with Crippen molar-refractivity contribution in [2.45, 2.75) is 37.2 Å². The highest BCUT2D eigenvalue weighted by Crippen LogP contribution is 2.24. The number of hydrogen-bond donors (Lipinski definition) is 2. The van der Waals surface area contributed by atoms with Crippen LogP contribution in [0.4, 0.5) is 4.79 Å². The molecule has 1 atom stereocenters. The second-order valence-electron chi connectivity index (χ2n) is 5.34. The fourth-order valence-corrected chi connectivity index (χ4v) is 3.27. The van der Waals surface area contributed by atoms with Crippen molar-refractivity contribution in [3.05, 3.63) is 33.6 Å². The van der Waals surface area contributed by atoms with Crippen LogP contribution < -0.4 is 16.2 Å². The van der Waals surface area contributed by atoms with E-state index in [1.54, 1.807) is 29.7 Å². The lowest BCUT2D eigenvalue weighted by molar-refractivity contribution is -0.119. The zero-order chi connectivity index (χ0) is 18.6. The Labute approximate surface area is 154 Å². The zero-order valence-electron chi connectivity index (χ0n) is 14.1. The summed E-state index contributed by atoms with van der Waals surface area (Å²) in [5.74, 6) is -0.465. The van der Waals surface area contributed by atoms with Crippen molar-refractivity contribution < 1.29 is 9.59 Å². The molecular weight excluding hydrogens is 364 g/mol. The monoisotopic (exact) mass is 382 g/mol. The summed E-state index contributed by atoms with van der Waals surface area (Å²) in [5.41, 5.74) is 0.302. The molecule has 0 aliphatic heterocycles. The molecule has 7 nitrogen and oxygen atoms in total. The minimum absolute atomic E-state index is 0.176. The highest BCUT2D eigenvalue weighted by atomic mass is 35.5. The lowest BCUT2D eigenvalue weighted by Crippen LogP contribution is -2.41. The van der Waals surface area contributed by atoms with E-state index in [9.17, 15) is 14.4 Å². The summed E-state index contributed by atoms with van der Waals surface area (Å²) in [4.78, 5) is 40.6. The molecule has 0 saturated heterocycles. The highest BCUT2D eigenvalue weighted by Gasteiger charge is 2.20. The number of hydrogen-bond acceptors (Lipinski definition) is 5. The van der Waals surface area contributed by atoms with Crippen molar-refractivity contribution in [2.75, 3.05) is 7.05 Å². The van der Waals surface area contributed by atoms with Gasteiger partial charge in [-0.1, -0.05) is 30.3 Å². The Balaban J connectivity index is 2.41. The van der Waals surface area contributed by atoms with E-state index in [1.807, 2.05) is 6.92 Å². The highest BCUT2D eigenvalue weighted by molar-refractivity contribution is 8.00. The average molecular weight is 383 g/mol. The first-order valence-corrected chi connectivity index (χ1v) is 9.02. The van der Waals surface area contributed by atoms with Crippen molar-refractivity contribution in [1.29, 1.82) is 0 Å². The van der Waals surface area contributed by atoms with E-state index in [4.69, 9.17) is 11.6 Å². The Morgan fingerprint density at radius 2 is 2.12 bits per heavy atom. The molecule has 0 fully saturated rings. The maximum absolute atomic E-state index is 12.7. The number of fused-ring (bicyclic) bond motifs is 1. The molecule has 134 valence electrons. The molecule has 2 N–H and O–H groups in total. The summed E-state index contributed by atoms with van der Waals surface area (Å²) in [6, 6.07) is 4.33. The van der Waals surface area contributed by atoms with Crippen molar-refractivity contribution >= 4 is 46.2 Å². The van der Waals surface area contributed by atoms with Gasteiger partial charge >= 0.3 is 6.03 Å². The van der Waals surface area contributed by atoms with Gasteiger partial charge in [-0.2, -0.15) is 0 Å². The van der Waals surface area contributed by atoms with Crippen LogP contribution in [-0.4, -0.2) is 33.8 Å². The maximum Gasteiger partial charge on any atom is 0.321 e. The summed E-state index contributed by atoms with van der Waals surface area (Å²) in [5, 5.41) is 5.30. The molecule has 9 heteroatoms. The number of nitrogens with one attached hydrogen (secondary N) is 2. The Hall–Kier alpha value is -2.06. The van der Waals surface area contributed by atoms with Gasteiger partial charge in [-0.25, -0.2) is 9.78 Å². The van der Waals surface area contributed by atoms with E-state index >= 15 is 0 Å². The number of carbonyl (C=O) groups is 2. The molecule has 1 aromatic heterocycles. The van der Waals surface area contributed by atoms with E-state index in [0.717, 1.165) is 18.2 Å². The lowest BCUT2D eigenvalue weighted by Gasteiger charge is -2.15. The summed E-state index contributed by atoms with van der Waals surface area (Å²) in [6.45, 7) is 4.08. The first kappa shape index (κ1) is 19.3. The number of thioether (sulfide) groups is 1. The minimum atomic E-state index is -0.607. The van der Waals surface area contributed by atoms with Gasteiger partial charge in [0.25, 0.3) is 5.56 Å². The fourth-order valence-electron chi connectivity index (χ4n) is 2.17. The number of benzene rings is 1. The average Bonchev–Trinajstić information content (AvgIpc) is 2.57. The molecule has 0 unspecified atom stereocenters. The molecule has 3 amide bonds. The van der Waals surface area contributed by atoms with Crippen LogP contribution in [0.1, 0.15) is 20.3 Å². The normalized spacial score (nSPS) is 12.0. The van der Waals surface area contributed by atoms with Gasteiger partial charge in [-0.15, -0.1) is 0 Å². The number of nitrogens with zero attached hydrogens (tertiary/aromatic N) is 2. The Bertz CT molecular complexity index is 868. The van der Waals surface area contributed by atoms with E-state index in [1.165, 1.54) is 7.05 Å². The predicted molar refractivity (Wildman–Crippen MR) is 99.2 cm³/mol. The number of halogens is 1. The van der Waals surface area contributed by atoms with Crippen LogP contribution in [0.3, 0.4) is 0 Å². The Morgan fingerprint density at radius 1 is 1.40 bits per heavy atom. The smallest absolute Gasteiger partial charge is 0.321 e. The van der Waals surface area contributed by atoms with Gasteiger partial charge in [0, 0.05) is 18.6 Å². The summed E-state index contributed by atoms with van der Waals surface area (Å²) in [7, 11) is 1.42. The standard InChI is InChI=1S/C16H19ClN4O3S/c1-4-7-21-14(23)11-6-5-10(17)8-12(11)19-16(21)25-9(2)13(22)20-15(24)18-3/h5-6,8-9H,4,7H2,1-3H3,(H2,18,20,22,24)/t9-/m0/s1. The molecular formula is C16H19ClN4O3S. The third-order valence-electron chi connectivity index (χ3n) is 3.44. The van der Waals surface area contributed by atoms with Crippen LogP contribution in [0.5, 0.6) is 0 Å². The molecule has 0 radical (unpaired) electrons. The number of carbonyl (C=O) groups excluding carboxylic acids is 2. The van der Waals surface area contributed by atoms with Gasteiger partial charge in [0.2, 0.25) is 5.91 Å².